The highest BCUT2D eigenvalue weighted by atomic mass is 35.5. The molecule has 3 heterocycles. The molecule has 0 aliphatic carbocycles. The summed E-state index contributed by atoms with van der Waals surface area (Å²) in [7, 11) is 2.27. The average molecular weight is 467 g/mol. The van der Waals surface area contributed by atoms with Crippen LogP contribution >= 0.6 is 37.2 Å². The molecule has 2 saturated heterocycles. The molecule has 2 fully saturated rings. The van der Waals surface area contributed by atoms with Gasteiger partial charge in [0.15, 0.2) is 0 Å². The van der Waals surface area contributed by atoms with Crippen LogP contribution in [0, 0.1) is 0 Å². The van der Waals surface area contributed by atoms with E-state index >= 15 is 0 Å². The molecule has 1 aromatic carbocycles. The van der Waals surface area contributed by atoms with Gasteiger partial charge in [-0.1, -0.05) is 6.42 Å². The molecule has 0 amide bonds. The summed E-state index contributed by atoms with van der Waals surface area (Å²) >= 11 is 0. The molecule has 4 rings (SSSR count). The molecule has 7 heteroatoms. The lowest BCUT2D eigenvalue weighted by atomic mass is 10.1. The van der Waals surface area contributed by atoms with E-state index in [1.807, 2.05) is 0 Å². The van der Waals surface area contributed by atoms with Crippen LogP contribution in [0.3, 0.4) is 0 Å². The van der Waals surface area contributed by atoms with Crippen molar-refractivity contribution in [3.63, 3.8) is 0 Å². The van der Waals surface area contributed by atoms with Crippen molar-refractivity contribution < 1.29 is 4.74 Å². The fourth-order valence-electron chi connectivity index (χ4n) is 4.85. The maximum atomic E-state index is 6.05. The molecule has 29 heavy (non-hydrogen) atoms. The highest BCUT2D eigenvalue weighted by molar-refractivity contribution is 5.86. The van der Waals surface area contributed by atoms with Crippen molar-refractivity contribution in [2.45, 2.75) is 51.0 Å². The molecule has 0 bridgehead atoms. The molecule has 0 radical (unpaired) electrons. The van der Waals surface area contributed by atoms with Crippen LogP contribution in [0.1, 0.15) is 44.1 Å². The predicted octanol–water partition coefficient (Wildman–Crippen LogP) is 4.66. The Morgan fingerprint density at radius 2 is 1.76 bits per heavy atom. The zero-order chi connectivity index (χ0) is 17.8. The third-order valence-electron chi connectivity index (χ3n) is 6.48. The average Bonchev–Trinajstić information content (AvgIpc) is 3.26. The molecule has 3 aliphatic heterocycles. The van der Waals surface area contributed by atoms with E-state index in [0.717, 1.165) is 37.8 Å². The van der Waals surface area contributed by atoms with Gasteiger partial charge >= 0.3 is 0 Å². The minimum atomic E-state index is 0. The Kier molecular flexibility index (Phi) is 12.0. The highest BCUT2D eigenvalue weighted by Gasteiger charge is 2.27. The van der Waals surface area contributed by atoms with Crippen LogP contribution in [0.4, 0.5) is 5.69 Å². The summed E-state index contributed by atoms with van der Waals surface area (Å²) in [5, 5.41) is 0. The lowest BCUT2D eigenvalue weighted by molar-refractivity contribution is 0.205. The van der Waals surface area contributed by atoms with E-state index in [0.29, 0.717) is 0 Å². The first-order chi connectivity index (χ1) is 12.8. The molecule has 0 N–H and O–H groups in total. The van der Waals surface area contributed by atoms with Crippen LogP contribution in [0.25, 0.3) is 0 Å². The van der Waals surface area contributed by atoms with E-state index in [9.17, 15) is 0 Å². The third-order valence-corrected chi connectivity index (χ3v) is 6.48. The van der Waals surface area contributed by atoms with Gasteiger partial charge in [0.2, 0.25) is 0 Å². The van der Waals surface area contributed by atoms with Crippen LogP contribution in [-0.4, -0.2) is 68.8 Å². The Bertz CT molecular complexity index is 599. The molecule has 168 valence electrons. The highest BCUT2D eigenvalue weighted by Crippen LogP contribution is 2.32. The van der Waals surface area contributed by atoms with Crippen molar-refractivity contribution in [2.75, 3.05) is 57.8 Å². The number of fused-ring (bicyclic) bond motifs is 1. The molecule has 3 aliphatic rings. The Balaban J connectivity index is 0.00000140. The number of piperidine rings is 1. The molecule has 0 saturated carbocycles. The van der Waals surface area contributed by atoms with Crippen LogP contribution in [0.2, 0.25) is 0 Å². The van der Waals surface area contributed by atoms with E-state index in [1.54, 1.807) is 0 Å². The Morgan fingerprint density at radius 1 is 0.966 bits per heavy atom. The maximum absolute atomic E-state index is 6.05. The molecule has 0 aromatic heterocycles. The van der Waals surface area contributed by atoms with Gasteiger partial charge in [0.05, 0.1) is 6.61 Å². The largest absolute Gasteiger partial charge is 0.494 e. The number of benzene rings is 1. The number of likely N-dealkylation sites (N-methyl/N-ethyl adjacent to an activating group) is 1. The second kappa shape index (κ2) is 13.1. The Morgan fingerprint density at radius 3 is 2.48 bits per heavy atom. The topological polar surface area (TPSA) is 19.0 Å². The summed E-state index contributed by atoms with van der Waals surface area (Å²) in [4.78, 5) is 7.70. The quantitative estimate of drug-likeness (QED) is 0.544. The van der Waals surface area contributed by atoms with Crippen molar-refractivity contribution in [3.8, 4) is 5.75 Å². The van der Waals surface area contributed by atoms with Gasteiger partial charge in [0, 0.05) is 31.4 Å². The van der Waals surface area contributed by atoms with Crippen molar-refractivity contribution in [2.24, 2.45) is 0 Å². The van der Waals surface area contributed by atoms with E-state index in [2.05, 4.69) is 39.9 Å². The summed E-state index contributed by atoms with van der Waals surface area (Å²) in [6, 6.07) is 7.48. The summed E-state index contributed by atoms with van der Waals surface area (Å²) in [6.07, 6.45) is 9.16. The molecule has 0 spiro atoms. The third kappa shape index (κ3) is 7.07. The van der Waals surface area contributed by atoms with Gasteiger partial charge in [0.1, 0.15) is 5.75 Å². The van der Waals surface area contributed by atoms with Gasteiger partial charge in [-0.2, -0.15) is 0 Å². The van der Waals surface area contributed by atoms with E-state index in [-0.39, 0.29) is 37.2 Å². The second-order valence-electron chi connectivity index (χ2n) is 8.37. The molecular weight excluding hydrogens is 429 g/mol. The van der Waals surface area contributed by atoms with Gasteiger partial charge in [-0.25, -0.2) is 0 Å². The van der Waals surface area contributed by atoms with E-state index < -0.39 is 0 Å². The first-order valence-electron chi connectivity index (χ1n) is 10.7. The monoisotopic (exact) mass is 465 g/mol. The van der Waals surface area contributed by atoms with Crippen molar-refractivity contribution in [1.82, 2.24) is 9.80 Å². The minimum absolute atomic E-state index is 0. The number of hydrogen-bond donors (Lipinski definition) is 0. The molecule has 1 aromatic rings. The SMILES string of the molecule is CN1CCC[C@H]1CN1CCc2cc(OCCCN3CCCCC3)ccc21.Cl.Cl.Cl. The number of nitrogens with zero attached hydrogens (tertiary/aromatic N) is 3. The molecular formula is C22H38Cl3N3O. The standard InChI is InChI=1S/C22H35N3O.3ClH/c1-23-11-5-7-20(23)18-25-15-10-19-17-21(8-9-22(19)25)26-16-6-14-24-12-3-2-4-13-24;;;/h8-9,17,20H,2-7,10-16,18H2,1H3;3*1H/t20-;;;/m0.../s1. The minimum Gasteiger partial charge on any atom is -0.494 e. The second-order valence-corrected chi connectivity index (χ2v) is 8.37. The first kappa shape index (κ1) is 26.6. The van der Waals surface area contributed by atoms with Gasteiger partial charge in [-0.05, 0) is 89.0 Å². The smallest absolute Gasteiger partial charge is 0.119 e. The summed E-state index contributed by atoms with van der Waals surface area (Å²) in [5.74, 6) is 1.06. The van der Waals surface area contributed by atoms with Gasteiger partial charge < -0.3 is 19.4 Å². The summed E-state index contributed by atoms with van der Waals surface area (Å²) in [5.41, 5.74) is 2.91. The van der Waals surface area contributed by atoms with Crippen molar-refractivity contribution in [3.05, 3.63) is 23.8 Å². The normalized spacial score (nSPS) is 21.7. The van der Waals surface area contributed by atoms with Crippen LogP contribution in [0.5, 0.6) is 5.75 Å². The number of ether oxygens (including phenoxy) is 1. The van der Waals surface area contributed by atoms with Gasteiger partial charge in [-0.15, -0.1) is 37.2 Å². The summed E-state index contributed by atoms with van der Waals surface area (Å²) in [6.45, 7) is 8.20. The van der Waals surface area contributed by atoms with E-state index in [4.69, 9.17) is 4.74 Å². The number of halogens is 3. The fourth-order valence-corrected chi connectivity index (χ4v) is 4.85. The van der Waals surface area contributed by atoms with Gasteiger partial charge in [-0.3, -0.25) is 0 Å². The zero-order valence-electron chi connectivity index (χ0n) is 17.7. The lowest BCUT2D eigenvalue weighted by Crippen LogP contribution is -2.37. The number of anilines is 1. The number of likely N-dealkylation sites (tertiary alicyclic amines) is 2. The Labute approximate surface area is 195 Å². The predicted molar refractivity (Wildman–Crippen MR) is 130 cm³/mol. The van der Waals surface area contributed by atoms with Crippen molar-refractivity contribution in [1.29, 1.82) is 0 Å². The maximum Gasteiger partial charge on any atom is 0.119 e. The molecule has 0 unspecified atom stereocenters. The van der Waals surface area contributed by atoms with Crippen LogP contribution in [0.15, 0.2) is 18.2 Å². The fraction of sp³-hybridized carbons (Fsp3) is 0.727. The van der Waals surface area contributed by atoms with Crippen LogP contribution < -0.4 is 9.64 Å². The molecule has 1 atom stereocenters. The number of rotatable bonds is 7. The summed E-state index contributed by atoms with van der Waals surface area (Å²) < 4.78 is 6.05. The van der Waals surface area contributed by atoms with Crippen molar-refractivity contribution >= 4 is 42.9 Å². The zero-order valence-corrected chi connectivity index (χ0v) is 20.1. The Hall–Kier alpha value is -0.390. The van der Waals surface area contributed by atoms with Gasteiger partial charge in [0.25, 0.3) is 0 Å². The number of hydrogen-bond acceptors (Lipinski definition) is 4. The van der Waals surface area contributed by atoms with E-state index in [1.165, 1.54) is 76.1 Å². The first-order valence-corrected chi connectivity index (χ1v) is 10.7. The lowest BCUT2D eigenvalue weighted by Gasteiger charge is -2.27. The molecule has 4 nitrogen and oxygen atoms in total. The van der Waals surface area contributed by atoms with Crippen LogP contribution in [-0.2, 0) is 6.42 Å².